The minimum Gasteiger partial charge on any atom is -0.508 e. The SMILES string of the molecule is CC(=O)O.C[C@@H]1CC[C@H]([C@H](O)c2cccc(O)c2)N1. The lowest BCUT2D eigenvalue weighted by Gasteiger charge is -2.19. The third-order valence-corrected chi connectivity index (χ3v) is 3.00. The number of carbonyl (C=O) groups is 1. The van der Waals surface area contributed by atoms with Crippen molar-refractivity contribution in [1.82, 2.24) is 5.32 Å². The van der Waals surface area contributed by atoms with Crippen LogP contribution in [0.4, 0.5) is 0 Å². The molecule has 1 aromatic rings. The number of hydrogen-bond donors (Lipinski definition) is 4. The molecule has 2 rings (SSSR count). The van der Waals surface area contributed by atoms with Crippen molar-refractivity contribution < 1.29 is 20.1 Å². The molecule has 0 radical (unpaired) electrons. The molecule has 1 aliphatic rings. The van der Waals surface area contributed by atoms with Gasteiger partial charge in [0, 0.05) is 19.0 Å². The molecule has 1 saturated heterocycles. The first-order valence-corrected chi connectivity index (χ1v) is 6.32. The maximum Gasteiger partial charge on any atom is 0.300 e. The van der Waals surface area contributed by atoms with Crippen LogP contribution in [0.25, 0.3) is 0 Å². The van der Waals surface area contributed by atoms with Gasteiger partial charge >= 0.3 is 0 Å². The van der Waals surface area contributed by atoms with Crippen LogP contribution < -0.4 is 5.32 Å². The van der Waals surface area contributed by atoms with Crippen molar-refractivity contribution in [3.8, 4) is 5.75 Å². The number of phenols is 1. The fourth-order valence-corrected chi connectivity index (χ4v) is 2.15. The van der Waals surface area contributed by atoms with Crippen molar-refractivity contribution in [3.05, 3.63) is 29.8 Å². The van der Waals surface area contributed by atoms with E-state index in [1.807, 2.05) is 6.07 Å². The van der Waals surface area contributed by atoms with Crippen LogP contribution in [0.3, 0.4) is 0 Å². The van der Waals surface area contributed by atoms with E-state index in [1.165, 1.54) is 0 Å². The van der Waals surface area contributed by atoms with E-state index in [4.69, 9.17) is 9.90 Å². The number of benzene rings is 1. The standard InChI is InChI=1S/C12H17NO2.C2H4O2/c1-8-5-6-11(13-8)12(15)9-3-2-4-10(14)7-9;1-2(3)4/h2-4,7-8,11-15H,5-6H2,1H3;1H3,(H,3,4)/t8-,11-,12-;/m1./s1. The van der Waals surface area contributed by atoms with Gasteiger partial charge in [-0.2, -0.15) is 0 Å². The van der Waals surface area contributed by atoms with E-state index in [1.54, 1.807) is 18.2 Å². The molecule has 5 heteroatoms. The quantitative estimate of drug-likeness (QED) is 0.654. The Morgan fingerprint density at radius 2 is 2.05 bits per heavy atom. The van der Waals surface area contributed by atoms with E-state index >= 15 is 0 Å². The third-order valence-electron chi connectivity index (χ3n) is 3.00. The molecule has 0 unspecified atom stereocenters. The molecular weight excluding hydrogens is 246 g/mol. The van der Waals surface area contributed by atoms with Crippen molar-refractivity contribution in [2.45, 2.75) is 44.9 Å². The Bertz CT molecular complexity index is 418. The van der Waals surface area contributed by atoms with E-state index in [0.29, 0.717) is 6.04 Å². The second kappa shape index (κ2) is 7.11. The van der Waals surface area contributed by atoms with E-state index < -0.39 is 12.1 Å². The van der Waals surface area contributed by atoms with Gasteiger partial charge in [-0.05, 0) is 37.5 Å². The van der Waals surface area contributed by atoms with Gasteiger partial charge < -0.3 is 20.6 Å². The Morgan fingerprint density at radius 3 is 2.53 bits per heavy atom. The van der Waals surface area contributed by atoms with Crippen LogP contribution >= 0.6 is 0 Å². The molecule has 1 aliphatic heterocycles. The van der Waals surface area contributed by atoms with Gasteiger partial charge in [0.05, 0.1) is 6.10 Å². The summed E-state index contributed by atoms with van der Waals surface area (Å²) in [5.74, 6) is -0.627. The topological polar surface area (TPSA) is 89.8 Å². The zero-order valence-electron chi connectivity index (χ0n) is 11.2. The summed E-state index contributed by atoms with van der Waals surface area (Å²) in [6.07, 6.45) is 1.56. The highest BCUT2D eigenvalue weighted by atomic mass is 16.4. The summed E-state index contributed by atoms with van der Waals surface area (Å²) in [5.41, 5.74) is 0.779. The van der Waals surface area contributed by atoms with Crippen molar-refractivity contribution in [3.63, 3.8) is 0 Å². The number of carboxylic acid groups (broad SMARTS) is 1. The van der Waals surface area contributed by atoms with Gasteiger partial charge in [-0.25, -0.2) is 0 Å². The van der Waals surface area contributed by atoms with Crippen LogP contribution in [0.15, 0.2) is 24.3 Å². The first-order valence-electron chi connectivity index (χ1n) is 6.32. The second-order valence-corrected chi connectivity index (χ2v) is 4.81. The van der Waals surface area contributed by atoms with Crippen molar-refractivity contribution in [2.75, 3.05) is 0 Å². The summed E-state index contributed by atoms with van der Waals surface area (Å²) in [6.45, 7) is 3.20. The lowest BCUT2D eigenvalue weighted by atomic mass is 10.0. The average molecular weight is 267 g/mol. The highest BCUT2D eigenvalue weighted by Crippen LogP contribution is 2.26. The van der Waals surface area contributed by atoms with Gasteiger partial charge in [0.2, 0.25) is 0 Å². The first kappa shape index (κ1) is 15.5. The molecule has 19 heavy (non-hydrogen) atoms. The van der Waals surface area contributed by atoms with E-state index in [-0.39, 0.29) is 11.8 Å². The lowest BCUT2D eigenvalue weighted by Crippen LogP contribution is -2.32. The lowest BCUT2D eigenvalue weighted by molar-refractivity contribution is -0.134. The number of nitrogens with one attached hydrogen (secondary N) is 1. The fraction of sp³-hybridized carbons (Fsp3) is 0.500. The van der Waals surface area contributed by atoms with Crippen LogP contribution in [0, 0.1) is 0 Å². The second-order valence-electron chi connectivity index (χ2n) is 4.81. The maximum absolute atomic E-state index is 10.1. The number of carboxylic acids is 1. The summed E-state index contributed by atoms with van der Waals surface area (Å²) >= 11 is 0. The molecule has 3 atom stereocenters. The monoisotopic (exact) mass is 267 g/mol. The summed E-state index contributed by atoms with van der Waals surface area (Å²) in [7, 11) is 0. The molecular formula is C14H21NO4. The maximum atomic E-state index is 10.1. The fourth-order valence-electron chi connectivity index (χ4n) is 2.15. The Kier molecular flexibility index (Phi) is 5.79. The molecule has 0 amide bonds. The zero-order valence-corrected chi connectivity index (χ0v) is 11.2. The molecule has 0 aliphatic carbocycles. The normalized spacial score (nSPS) is 23.3. The molecule has 4 N–H and O–H groups in total. The summed E-state index contributed by atoms with van der Waals surface area (Å²) < 4.78 is 0. The van der Waals surface area contributed by atoms with Gasteiger partial charge in [0.25, 0.3) is 5.97 Å². The number of aromatic hydroxyl groups is 1. The van der Waals surface area contributed by atoms with Crippen LogP contribution in [-0.4, -0.2) is 33.4 Å². The Morgan fingerprint density at radius 1 is 1.42 bits per heavy atom. The predicted octanol–water partition coefficient (Wildman–Crippen LogP) is 1.66. The average Bonchev–Trinajstić information content (AvgIpc) is 2.74. The minimum atomic E-state index is -0.833. The molecule has 0 bridgehead atoms. The van der Waals surface area contributed by atoms with Gasteiger partial charge in [0.1, 0.15) is 5.75 Å². The van der Waals surface area contributed by atoms with Crippen LogP contribution in [0.1, 0.15) is 38.4 Å². The zero-order chi connectivity index (χ0) is 14.4. The molecule has 0 aromatic heterocycles. The summed E-state index contributed by atoms with van der Waals surface area (Å²) in [4.78, 5) is 9.00. The molecule has 1 heterocycles. The Labute approximate surface area is 112 Å². The Balaban J connectivity index is 0.000000399. The largest absolute Gasteiger partial charge is 0.508 e. The molecule has 5 nitrogen and oxygen atoms in total. The van der Waals surface area contributed by atoms with Crippen molar-refractivity contribution >= 4 is 5.97 Å². The molecule has 106 valence electrons. The number of aliphatic hydroxyl groups is 1. The summed E-state index contributed by atoms with van der Waals surface area (Å²) in [6, 6.07) is 7.42. The van der Waals surface area contributed by atoms with Crippen LogP contribution in [0.5, 0.6) is 5.75 Å². The van der Waals surface area contributed by atoms with Gasteiger partial charge in [-0.1, -0.05) is 12.1 Å². The van der Waals surface area contributed by atoms with E-state index in [9.17, 15) is 10.2 Å². The Hall–Kier alpha value is -1.59. The number of rotatable bonds is 2. The van der Waals surface area contributed by atoms with E-state index in [2.05, 4.69) is 12.2 Å². The molecule has 0 spiro atoms. The smallest absolute Gasteiger partial charge is 0.300 e. The highest BCUT2D eigenvalue weighted by Gasteiger charge is 2.27. The molecule has 0 saturated carbocycles. The van der Waals surface area contributed by atoms with Crippen LogP contribution in [0.2, 0.25) is 0 Å². The molecule has 1 aromatic carbocycles. The number of aliphatic hydroxyl groups excluding tert-OH is 1. The molecule has 1 fully saturated rings. The van der Waals surface area contributed by atoms with Gasteiger partial charge in [-0.3, -0.25) is 4.79 Å². The van der Waals surface area contributed by atoms with Gasteiger partial charge in [0.15, 0.2) is 0 Å². The van der Waals surface area contributed by atoms with Gasteiger partial charge in [-0.15, -0.1) is 0 Å². The number of phenolic OH excluding ortho intramolecular Hbond substituents is 1. The number of hydrogen-bond acceptors (Lipinski definition) is 4. The van der Waals surface area contributed by atoms with Crippen molar-refractivity contribution in [2.24, 2.45) is 0 Å². The number of aliphatic carboxylic acids is 1. The minimum absolute atomic E-state index is 0.113. The third kappa shape index (κ3) is 5.28. The summed E-state index contributed by atoms with van der Waals surface area (Å²) in [5, 5.41) is 30.2. The van der Waals surface area contributed by atoms with E-state index in [0.717, 1.165) is 25.3 Å². The predicted molar refractivity (Wildman–Crippen MR) is 72.0 cm³/mol. The first-order chi connectivity index (χ1) is 8.90. The highest BCUT2D eigenvalue weighted by molar-refractivity contribution is 5.62. The van der Waals surface area contributed by atoms with Crippen LogP contribution in [-0.2, 0) is 4.79 Å². The van der Waals surface area contributed by atoms with Crippen molar-refractivity contribution in [1.29, 1.82) is 0 Å².